The topological polar surface area (TPSA) is 27.7 Å². The fourth-order valence-corrected chi connectivity index (χ4v) is 0.671. The Bertz CT molecular complexity index is 40.5. The summed E-state index contributed by atoms with van der Waals surface area (Å²) in [7, 11) is 8.15. The third-order valence-electron chi connectivity index (χ3n) is 0.447. The van der Waals surface area contributed by atoms with Gasteiger partial charge in [-0.3, -0.25) is 0 Å². The van der Waals surface area contributed by atoms with E-state index in [1.807, 2.05) is 0 Å². The molecule has 0 spiro atoms. The average Bonchev–Trinajstić information content (AvgIpc) is 1.96. The molecular formula is C3H9AuClO3P. The van der Waals surface area contributed by atoms with E-state index >= 15 is 0 Å². The van der Waals surface area contributed by atoms with Gasteiger partial charge in [0.2, 0.25) is 0 Å². The fraction of sp³-hybridized carbons (Fsp3) is 1.00. The van der Waals surface area contributed by atoms with Crippen molar-refractivity contribution in [3.05, 3.63) is 0 Å². The Kier molecular flexibility index (Phi) is 17.4. The van der Waals surface area contributed by atoms with Crippen LogP contribution in [0.5, 0.6) is 0 Å². The van der Waals surface area contributed by atoms with E-state index in [9.17, 15) is 0 Å². The average molecular weight is 356 g/mol. The molecule has 0 N–H and O–H groups in total. The van der Waals surface area contributed by atoms with Gasteiger partial charge >= 0.3 is 37.8 Å². The summed E-state index contributed by atoms with van der Waals surface area (Å²) in [6, 6.07) is 0. The van der Waals surface area contributed by atoms with Crippen LogP contribution in [0.3, 0.4) is 0 Å². The van der Waals surface area contributed by atoms with Crippen molar-refractivity contribution < 1.29 is 33.6 Å². The van der Waals surface area contributed by atoms with Gasteiger partial charge in [-0.25, -0.2) is 0 Å². The molecule has 0 unspecified atom stereocenters. The van der Waals surface area contributed by atoms with Crippen LogP contribution in [0.1, 0.15) is 0 Å². The van der Waals surface area contributed by atoms with Crippen LogP contribution >= 0.6 is 17.8 Å². The summed E-state index contributed by atoms with van der Waals surface area (Å²) in [4.78, 5) is 0. The van der Waals surface area contributed by atoms with Gasteiger partial charge in [0.15, 0.2) is 0 Å². The first-order valence-corrected chi connectivity index (χ1v) is 5.67. The van der Waals surface area contributed by atoms with E-state index in [2.05, 4.69) is 22.8 Å². The van der Waals surface area contributed by atoms with Gasteiger partial charge in [-0.05, 0) is 0 Å². The van der Waals surface area contributed by atoms with Gasteiger partial charge < -0.3 is 13.6 Å². The zero-order valence-electron chi connectivity index (χ0n) is 5.35. The number of halogens is 1. The first-order valence-electron chi connectivity index (χ1n) is 1.89. The standard InChI is InChI=1S/C3H9O3P.Au.ClH/c1-4-7(5-2)6-3;;/h1-3H3;;1H/q;+1;/p-1. The van der Waals surface area contributed by atoms with Gasteiger partial charge in [0, 0.05) is 21.3 Å². The van der Waals surface area contributed by atoms with Crippen LogP contribution in [0.25, 0.3) is 0 Å². The van der Waals surface area contributed by atoms with E-state index in [1.54, 1.807) is 41.3 Å². The van der Waals surface area contributed by atoms with Crippen molar-refractivity contribution in [2.24, 2.45) is 0 Å². The summed E-state index contributed by atoms with van der Waals surface area (Å²) in [5, 5.41) is 0. The van der Waals surface area contributed by atoms with Crippen molar-refractivity contribution in [2.45, 2.75) is 0 Å². The Morgan fingerprint density at radius 3 is 1.22 bits per heavy atom. The van der Waals surface area contributed by atoms with Crippen molar-refractivity contribution in [1.29, 1.82) is 0 Å². The molecule has 0 saturated carbocycles. The summed E-state index contributed by atoms with van der Waals surface area (Å²) >= 11 is 1.75. The first-order chi connectivity index (χ1) is 4.35. The minimum absolute atomic E-state index is 1.05. The number of rotatable bonds is 3. The summed E-state index contributed by atoms with van der Waals surface area (Å²) in [6.07, 6.45) is 0. The van der Waals surface area contributed by atoms with Gasteiger partial charge in [-0.15, -0.1) is 0 Å². The van der Waals surface area contributed by atoms with Gasteiger partial charge in [0.05, 0.1) is 0 Å². The summed E-state index contributed by atoms with van der Waals surface area (Å²) in [6.45, 7) is 0. The second-order valence-corrected chi connectivity index (χ2v) is 2.31. The summed E-state index contributed by atoms with van der Waals surface area (Å²) < 4.78 is 14.0. The van der Waals surface area contributed by atoms with Crippen molar-refractivity contribution in [2.75, 3.05) is 21.3 Å². The first kappa shape index (κ1) is 13.0. The molecule has 3 nitrogen and oxygen atoms in total. The Hall–Kier alpha value is 1.34. The molecule has 0 heterocycles. The molecule has 0 aliphatic heterocycles. The van der Waals surface area contributed by atoms with Crippen LogP contribution < -0.4 is 0 Å². The van der Waals surface area contributed by atoms with Crippen LogP contribution in [0.2, 0.25) is 0 Å². The minimum atomic E-state index is -1.05. The molecule has 9 heavy (non-hydrogen) atoms. The predicted molar refractivity (Wildman–Crippen MR) is 33.8 cm³/mol. The molecule has 0 amide bonds. The van der Waals surface area contributed by atoms with E-state index in [1.165, 1.54) is 0 Å². The van der Waals surface area contributed by atoms with Crippen molar-refractivity contribution >= 4 is 17.8 Å². The van der Waals surface area contributed by atoms with Crippen LogP contribution in [0.4, 0.5) is 0 Å². The van der Waals surface area contributed by atoms with E-state index in [0.29, 0.717) is 0 Å². The van der Waals surface area contributed by atoms with Crippen molar-refractivity contribution in [1.82, 2.24) is 0 Å². The van der Waals surface area contributed by atoms with Gasteiger partial charge in [-0.1, -0.05) is 0 Å². The molecule has 0 fully saturated rings. The molecule has 0 bridgehead atoms. The number of hydrogen-bond donors (Lipinski definition) is 0. The molecule has 0 atom stereocenters. The monoisotopic (exact) mass is 356 g/mol. The maximum absolute atomic E-state index is 4.67. The Morgan fingerprint density at radius 1 is 1.00 bits per heavy atom. The van der Waals surface area contributed by atoms with Gasteiger partial charge in [0.1, 0.15) is 0 Å². The summed E-state index contributed by atoms with van der Waals surface area (Å²) in [5.41, 5.74) is 0. The molecule has 0 aromatic heterocycles. The fourth-order valence-electron chi connectivity index (χ4n) is 0.224. The molecule has 0 aliphatic carbocycles. The Labute approximate surface area is 72.7 Å². The van der Waals surface area contributed by atoms with Crippen LogP contribution in [0, 0.1) is 0 Å². The zero-order chi connectivity index (χ0) is 7.70. The molecule has 0 aromatic rings. The SMILES string of the molecule is COP(OC)OC.[Cl][Au]. The predicted octanol–water partition coefficient (Wildman–Crippen LogP) is 1.84. The zero-order valence-corrected chi connectivity index (χ0v) is 9.17. The molecule has 0 aliphatic rings. The van der Waals surface area contributed by atoms with E-state index in [4.69, 9.17) is 0 Å². The molecule has 62 valence electrons. The van der Waals surface area contributed by atoms with Gasteiger partial charge in [0.25, 0.3) is 0 Å². The number of hydrogen-bond acceptors (Lipinski definition) is 3. The third kappa shape index (κ3) is 9.34. The third-order valence-corrected chi connectivity index (χ3v) is 1.34. The second kappa shape index (κ2) is 12.1. The molecule has 0 rings (SSSR count). The Balaban J connectivity index is 0. The van der Waals surface area contributed by atoms with Crippen molar-refractivity contribution in [3.63, 3.8) is 0 Å². The van der Waals surface area contributed by atoms with E-state index in [-0.39, 0.29) is 0 Å². The second-order valence-electron chi connectivity index (χ2n) is 0.771. The molecule has 0 aromatic carbocycles. The van der Waals surface area contributed by atoms with Gasteiger partial charge in [-0.2, -0.15) is 0 Å². The quantitative estimate of drug-likeness (QED) is 0.570. The van der Waals surface area contributed by atoms with E-state index < -0.39 is 8.60 Å². The molecule has 0 saturated heterocycles. The maximum atomic E-state index is 4.67. The molecule has 6 heteroatoms. The van der Waals surface area contributed by atoms with Crippen LogP contribution in [-0.4, -0.2) is 21.3 Å². The summed E-state index contributed by atoms with van der Waals surface area (Å²) in [5.74, 6) is 0. The van der Waals surface area contributed by atoms with Crippen molar-refractivity contribution in [3.8, 4) is 0 Å². The normalized spacial score (nSPS) is 8.78. The molecular weight excluding hydrogens is 347 g/mol. The van der Waals surface area contributed by atoms with Crippen LogP contribution in [-0.2, 0) is 33.6 Å². The Morgan fingerprint density at radius 2 is 1.22 bits per heavy atom. The molecule has 0 radical (unpaired) electrons. The van der Waals surface area contributed by atoms with E-state index in [0.717, 1.165) is 0 Å². The van der Waals surface area contributed by atoms with Crippen LogP contribution in [0.15, 0.2) is 0 Å².